The van der Waals surface area contributed by atoms with Crippen LogP contribution < -0.4 is 10.2 Å². The molecule has 2 aliphatic rings. The Labute approximate surface area is 130 Å². The van der Waals surface area contributed by atoms with Gasteiger partial charge in [0.25, 0.3) is 0 Å². The predicted octanol–water partition coefficient (Wildman–Crippen LogP) is 3.58. The van der Waals surface area contributed by atoms with Crippen LogP contribution >= 0.6 is 15.9 Å². The van der Waals surface area contributed by atoms with Crippen LogP contribution in [0.1, 0.15) is 38.7 Å². The lowest BCUT2D eigenvalue weighted by Crippen LogP contribution is -2.40. The number of pyridine rings is 1. The molecule has 2 heterocycles. The highest BCUT2D eigenvalue weighted by Gasteiger charge is 2.25. The Morgan fingerprint density at radius 1 is 1.30 bits per heavy atom. The van der Waals surface area contributed by atoms with Gasteiger partial charge in [0, 0.05) is 41.9 Å². The van der Waals surface area contributed by atoms with Gasteiger partial charge >= 0.3 is 0 Å². The van der Waals surface area contributed by atoms with Gasteiger partial charge in [0.1, 0.15) is 5.82 Å². The van der Waals surface area contributed by atoms with Crippen molar-refractivity contribution in [3.63, 3.8) is 0 Å². The Kier molecular flexibility index (Phi) is 4.32. The van der Waals surface area contributed by atoms with Crippen molar-refractivity contribution in [1.29, 1.82) is 0 Å². The normalized spacial score (nSPS) is 26.9. The summed E-state index contributed by atoms with van der Waals surface area (Å²) in [5.41, 5.74) is 1.33. The van der Waals surface area contributed by atoms with Gasteiger partial charge in [-0.1, -0.05) is 13.8 Å². The lowest BCUT2D eigenvalue weighted by atomic mass is 9.91. The number of nitrogens with one attached hydrogen (secondary N) is 1. The topological polar surface area (TPSA) is 28.2 Å². The van der Waals surface area contributed by atoms with Crippen molar-refractivity contribution in [2.24, 2.45) is 11.8 Å². The van der Waals surface area contributed by atoms with E-state index < -0.39 is 0 Å². The monoisotopic (exact) mass is 337 g/mol. The minimum Gasteiger partial charge on any atom is -0.356 e. The lowest BCUT2D eigenvalue weighted by Gasteiger charge is -2.36. The van der Waals surface area contributed by atoms with E-state index in [9.17, 15) is 0 Å². The number of piperidine rings is 1. The molecule has 1 saturated carbocycles. The molecule has 1 aromatic heterocycles. The summed E-state index contributed by atoms with van der Waals surface area (Å²) in [6.45, 7) is 7.91. The van der Waals surface area contributed by atoms with Crippen LogP contribution in [0.3, 0.4) is 0 Å². The van der Waals surface area contributed by atoms with E-state index in [0.29, 0.717) is 0 Å². The lowest BCUT2D eigenvalue weighted by molar-refractivity contribution is 0.354. The van der Waals surface area contributed by atoms with Crippen molar-refractivity contribution < 1.29 is 0 Å². The number of aromatic nitrogens is 1. The zero-order valence-electron chi connectivity index (χ0n) is 12.4. The van der Waals surface area contributed by atoms with E-state index >= 15 is 0 Å². The summed E-state index contributed by atoms with van der Waals surface area (Å²) in [6.07, 6.45) is 5.92. The average Bonchev–Trinajstić information content (AvgIpc) is 3.19. The van der Waals surface area contributed by atoms with Gasteiger partial charge in [-0.05, 0) is 53.1 Å². The first kappa shape index (κ1) is 14.3. The van der Waals surface area contributed by atoms with E-state index in [1.165, 1.54) is 30.6 Å². The molecule has 2 atom stereocenters. The molecule has 0 radical (unpaired) electrons. The van der Waals surface area contributed by atoms with Gasteiger partial charge in [-0.25, -0.2) is 4.98 Å². The molecule has 1 saturated heterocycles. The van der Waals surface area contributed by atoms with Crippen LogP contribution in [0.15, 0.2) is 16.7 Å². The molecule has 3 rings (SSSR count). The second-order valence-electron chi connectivity index (χ2n) is 6.64. The van der Waals surface area contributed by atoms with Gasteiger partial charge in [-0.15, -0.1) is 0 Å². The first-order valence-electron chi connectivity index (χ1n) is 7.74. The molecular formula is C16H24BrN3. The molecule has 2 fully saturated rings. The maximum Gasteiger partial charge on any atom is 0.133 e. The highest BCUT2D eigenvalue weighted by molar-refractivity contribution is 9.10. The largest absolute Gasteiger partial charge is 0.356 e. The van der Waals surface area contributed by atoms with Crippen LogP contribution in [0.25, 0.3) is 0 Å². The molecule has 4 heteroatoms. The van der Waals surface area contributed by atoms with Crippen LogP contribution in [0, 0.1) is 11.8 Å². The van der Waals surface area contributed by atoms with E-state index in [4.69, 9.17) is 4.98 Å². The third kappa shape index (κ3) is 3.53. The highest BCUT2D eigenvalue weighted by Crippen LogP contribution is 2.29. The van der Waals surface area contributed by atoms with E-state index in [-0.39, 0.29) is 0 Å². The summed E-state index contributed by atoms with van der Waals surface area (Å²) in [5.74, 6) is 2.70. The summed E-state index contributed by atoms with van der Waals surface area (Å²) in [6, 6.07) is 2.96. The molecule has 2 unspecified atom stereocenters. The Morgan fingerprint density at radius 2 is 2.00 bits per heavy atom. The fraction of sp³-hybridized carbons (Fsp3) is 0.688. The van der Waals surface area contributed by atoms with E-state index in [0.717, 1.165) is 42.0 Å². The smallest absolute Gasteiger partial charge is 0.133 e. The third-order valence-electron chi connectivity index (χ3n) is 4.24. The molecule has 1 aromatic rings. The molecule has 0 spiro atoms. The number of hydrogen-bond acceptors (Lipinski definition) is 3. The van der Waals surface area contributed by atoms with Crippen molar-refractivity contribution >= 4 is 21.7 Å². The molecule has 0 bridgehead atoms. The minimum absolute atomic E-state index is 0.737. The number of nitrogens with zero attached hydrogens (tertiary/aromatic N) is 2. The SMILES string of the molecule is CC1CC(C)CN(c2ncc(Br)cc2CNC2CC2)C1. The molecule has 1 aliphatic carbocycles. The highest BCUT2D eigenvalue weighted by atomic mass is 79.9. The molecule has 20 heavy (non-hydrogen) atoms. The number of halogens is 1. The zero-order valence-corrected chi connectivity index (χ0v) is 14.0. The first-order chi connectivity index (χ1) is 9.61. The number of rotatable bonds is 4. The van der Waals surface area contributed by atoms with Gasteiger partial charge in [-0.2, -0.15) is 0 Å². The molecular weight excluding hydrogens is 314 g/mol. The summed E-state index contributed by atoms with van der Waals surface area (Å²) < 4.78 is 1.08. The fourth-order valence-corrected chi connectivity index (χ4v) is 3.65. The molecule has 0 aromatic carbocycles. The molecule has 0 amide bonds. The Balaban J connectivity index is 1.79. The average molecular weight is 338 g/mol. The first-order valence-corrected chi connectivity index (χ1v) is 8.54. The zero-order chi connectivity index (χ0) is 14.1. The van der Waals surface area contributed by atoms with Crippen LogP contribution in [-0.2, 0) is 6.54 Å². The van der Waals surface area contributed by atoms with Crippen molar-refractivity contribution in [2.45, 2.75) is 45.7 Å². The summed E-state index contributed by atoms with van der Waals surface area (Å²) in [7, 11) is 0. The van der Waals surface area contributed by atoms with Crippen LogP contribution in [0.2, 0.25) is 0 Å². The van der Waals surface area contributed by atoms with Crippen LogP contribution in [-0.4, -0.2) is 24.1 Å². The number of anilines is 1. The minimum atomic E-state index is 0.737. The van der Waals surface area contributed by atoms with Crippen LogP contribution in [0.4, 0.5) is 5.82 Å². The van der Waals surface area contributed by atoms with Crippen molar-refractivity contribution in [3.8, 4) is 0 Å². The molecule has 110 valence electrons. The van der Waals surface area contributed by atoms with E-state index in [1.54, 1.807) is 0 Å². The standard InChI is InChI=1S/C16H24BrN3/c1-11-5-12(2)10-20(9-11)16-13(6-14(17)8-19-16)7-18-15-3-4-15/h6,8,11-12,15,18H,3-5,7,9-10H2,1-2H3. The number of hydrogen-bond donors (Lipinski definition) is 1. The molecule has 3 nitrogen and oxygen atoms in total. The predicted molar refractivity (Wildman–Crippen MR) is 87.0 cm³/mol. The summed E-state index contributed by atoms with van der Waals surface area (Å²) >= 11 is 3.56. The summed E-state index contributed by atoms with van der Waals surface area (Å²) in [5, 5.41) is 3.61. The van der Waals surface area contributed by atoms with Gasteiger partial charge in [0.15, 0.2) is 0 Å². The Bertz CT molecular complexity index is 463. The van der Waals surface area contributed by atoms with Gasteiger partial charge in [0.2, 0.25) is 0 Å². The van der Waals surface area contributed by atoms with Gasteiger partial charge in [-0.3, -0.25) is 0 Å². The van der Waals surface area contributed by atoms with Crippen molar-refractivity contribution in [2.75, 3.05) is 18.0 Å². The van der Waals surface area contributed by atoms with Crippen molar-refractivity contribution in [3.05, 3.63) is 22.3 Å². The van der Waals surface area contributed by atoms with Gasteiger partial charge in [0.05, 0.1) is 0 Å². The third-order valence-corrected chi connectivity index (χ3v) is 4.67. The quantitative estimate of drug-likeness (QED) is 0.910. The summed E-state index contributed by atoms with van der Waals surface area (Å²) in [4.78, 5) is 7.19. The fourth-order valence-electron chi connectivity index (χ4n) is 3.27. The molecule has 1 N–H and O–H groups in total. The maximum absolute atomic E-state index is 4.71. The van der Waals surface area contributed by atoms with E-state index in [2.05, 4.69) is 46.1 Å². The van der Waals surface area contributed by atoms with Gasteiger partial charge < -0.3 is 10.2 Å². The second kappa shape index (κ2) is 6.02. The maximum atomic E-state index is 4.71. The molecule has 1 aliphatic heterocycles. The van der Waals surface area contributed by atoms with Crippen molar-refractivity contribution in [1.82, 2.24) is 10.3 Å². The Hall–Kier alpha value is -0.610. The second-order valence-corrected chi connectivity index (χ2v) is 7.56. The Morgan fingerprint density at radius 3 is 2.65 bits per heavy atom. The van der Waals surface area contributed by atoms with E-state index in [1.807, 2.05) is 6.20 Å². The van der Waals surface area contributed by atoms with Crippen LogP contribution in [0.5, 0.6) is 0 Å².